The second-order valence-corrected chi connectivity index (χ2v) is 4.32. The molecule has 102 valence electrons. The van der Waals surface area contributed by atoms with Gasteiger partial charge in [0.2, 0.25) is 0 Å². The number of aliphatic hydroxyl groups excluding tert-OH is 3. The van der Waals surface area contributed by atoms with E-state index in [4.69, 9.17) is 20.5 Å². The molecule has 0 saturated carbocycles. The molecule has 0 rings (SSSR count). The first-order valence-electron chi connectivity index (χ1n) is 5.26. The van der Waals surface area contributed by atoms with Crippen LogP contribution in [0.5, 0.6) is 0 Å². The molecular formula is C9H21N3O4S. The van der Waals surface area contributed by atoms with Crippen LogP contribution in [-0.4, -0.2) is 65.1 Å². The molecule has 0 amide bonds. The highest BCUT2D eigenvalue weighted by atomic mass is 32.2. The van der Waals surface area contributed by atoms with Crippen molar-refractivity contribution in [1.29, 1.82) is 5.41 Å². The van der Waals surface area contributed by atoms with Gasteiger partial charge in [0.1, 0.15) is 6.10 Å². The summed E-state index contributed by atoms with van der Waals surface area (Å²) in [6.07, 6.45) is -0.966. The first kappa shape index (κ1) is 16.6. The van der Waals surface area contributed by atoms with E-state index in [1.807, 2.05) is 0 Å². The van der Waals surface area contributed by atoms with Crippen LogP contribution in [0.4, 0.5) is 0 Å². The van der Waals surface area contributed by atoms with Gasteiger partial charge in [0, 0.05) is 13.6 Å². The van der Waals surface area contributed by atoms with Crippen molar-refractivity contribution in [3.8, 4) is 0 Å². The van der Waals surface area contributed by atoms with E-state index < -0.39 is 18.8 Å². The number of rotatable bonds is 8. The third-order valence-electron chi connectivity index (χ3n) is 2.14. The molecule has 0 aromatic carbocycles. The Labute approximate surface area is 105 Å². The molecule has 0 bridgehead atoms. The minimum Gasteiger partial charge on any atom is -0.394 e. The molecule has 0 spiro atoms. The average molecular weight is 267 g/mol. The molecule has 2 atom stereocenters. The van der Waals surface area contributed by atoms with Gasteiger partial charge in [-0.15, -0.1) is 0 Å². The van der Waals surface area contributed by atoms with E-state index in [0.717, 1.165) is 11.9 Å². The third kappa shape index (κ3) is 7.53. The van der Waals surface area contributed by atoms with Gasteiger partial charge in [-0.3, -0.25) is 15.0 Å². The van der Waals surface area contributed by atoms with E-state index in [1.165, 1.54) is 12.2 Å². The number of nitrogens with one attached hydrogen (secondary N) is 2. The molecule has 17 heavy (non-hydrogen) atoms. The molecule has 7 nitrogen and oxygen atoms in total. The lowest BCUT2D eigenvalue weighted by atomic mass is 10.1. The quantitative estimate of drug-likeness (QED) is 0.128. The minimum atomic E-state index is -1.08. The van der Waals surface area contributed by atoms with Crippen molar-refractivity contribution in [1.82, 2.24) is 9.79 Å². The van der Waals surface area contributed by atoms with Crippen LogP contribution in [0.2, 0.25) is 0 Å². The van der Waals surface area contributed by atoms with Gasteiger partial charge in [-0.05, 0) is 24.8 Å². The van der Waals surface area contributed by atoms with Gasteiger partial charge in [0.05, 0.1) is 19.8 Å². The molecule has 0 fully saturated rings. The van der Waals surface area contributed by atoms with E-state index in [2.05, 4.69) is 4.72 Å². The maximum absolute atomic E-state index is 9.34. The first-order valence-corrected chi connectivity index (χ1v) is 6.07. The van der Waals surface area contributed by atoms with E-state index in [9.17, 15) is 5.11 Å². The number of amidine groups is 1. The van der Waals surface area contributed by atoms with Gasteiger partial charge in [0.15, 0.2) is 5.17 Å². The zero-order chi connectivity index (χ0) is 13.3. The van der Waals surface area contributed by atoms with E-state index >= 15 is 0 Å². The fraction of sp³-hybridized carbons (Fsp3) is 0.889. The smallest absolute Gasteiger partial charge is 0.195 e. The zero-order valence-corrected chi connectivity index (χ0v) is 10.9. The molecule has 0 saturated heterocycles. The van der Waals surface area contributed by atoms with E-state index in [1.54, 1.807) is 7.05 Å². The first-order chi connectivity index (χ1) is 8.02. The third-order valence-corrected chi connectivity index (χ3v) is 2.94. The Bertz CT molecular complexity index is 220. The van der Waals surface area contributed by atoms with E-state index in [0.29, 0.717) is 19.4 Å². The molecule has 0 heterocycles. The Morgan fingerprint density at radius 2 is 2.12 bits per heavy atom. The predicted molar refractivity (Wildman–Crippen MR) is 66.4 cm³/mol. The number of hydroxylamine groups is 2. The summed E-state index contributed by atoms with van der Waals surface area (Å²) in [5.41, 5.74) is 0. The normalized spacial score (nSPS) is 14.4. The average Bonchev–Trinajstić information content (AvgIpc) is 2.35. The summed E-state index contributed by atoms with van der Waals surface area (Å²) < 4.78 is 2.93. The largest absolute Gasteiger partial charge is 0.394 e. The number of nitrogens with zero attached hydrogens (tertiary/aromatic N) is 1. The molecule has 0 aromatic heterocycles. The summed E-state index contributed by atoms with van der Waals surface area (Å²) in [6, 6.07) is 0. The van der Waals surface area contributed by atoms with Crippen LogP contribution in [0, 0.1) is 5.41 Å². The highest BCUT2D eigenvalue weighted by Crippen LogP contribution is 2.04. The van der Waals surface area contributed by atoms with Crippen molar-refractivity contribution in [3.63, 3.8) is 0 Å². The summed E-state index contributed by atoms with van der Waals surface area (Å²) in [7, 11) is 3.10. The molecule has 5 N–H and O–H groups in total. The molecule has 2 unspecified atom stereocenters. The fourth-order valence-corrected chi connectivity index (χ4v) is 1.55. The maximum atomic E-state index is 9.34. The molecule has 0 aromatic rings. The van der Waals surface area contributed by atoms with Crippen molar-refractivity contribution < 1.29 is 20.2 Å². The van der Waals surface area contributed by atoms with Gasteiger partial charge < -0.3 is 15.3 Å². The highest BCUT2D eigenvalue weighted by molar-refractivity contribution is 8.12. The molecule has 0 radical (unpaired) electrons. The second-order valence-electron chi connectivity index (χ2n) is 3.44. The molecule has 0 aliphatic rings. The monoisotopic (exact) mass is 267 g/mol. The van der Waals surface area contributed by atoms with Crippen molar-refractivity contribution in [2.75, 3.05) is 27.3 Å². The van der Waals surface area contributed by atoms with E-state index in [-0.39, 0.29) is 5.17 Å². The van der Waals surface area contributed by atoms with Crippen LogP contribution >= 0.6 is 11.9 Å². The summed E-state index contributed by atoms with van der Waals surface area (Å²) >= 11 is 1.12. The van der Waals surface area contributed by atoms with Crippen LogP contribution in [0.15, 0.2) is 0 Å². The van der Waals surface area contributed by atoms with Crippen LogP contribution in [0.25, 0.3) is 0 Å². The molecular weight excluding hydrogens is 246 g/mol. The van der Waals surface area contributed by atoms with Crippen LogP contribution in [0.3, 0.4) is 0 Å². The van der Waals surface area contributed by atoms with Crippen LogP contribution in [0.1, 0.15) is 12.8 Å². The van der Waals surface area contributed by atoms with Gasteiger partial charge in [-0.2, -0.15) is 0 Å². The summed E-state index contributed by atoms with van der Waals surface area (Å²) in [5.74, 6) is 0. The Morgan fingerprint density at radius 3 is 2.65 bits per heavy atom. The lowest BCUT2D eigenvalue weighted by Gasteiger charge is -2.17. The Kier molecular flexibility index (Phi) is 9.41. The summed E-state index contributed by atoms with van der Waals surface area (Å²) in [4.78, 5) is 4.80. The molecule has 8 heteroatoms. The fourth-order valence-electron chi connectivity index (χ4n) is 0.964. The lowest BCUT2D eigenvalue weighted by molar-refractivity contribution is -0.0390. The Hall–Kier alpha value is -0.380. The summed E-state index contributed by atoms with van der Waals surface area (Å²) in [5, 5.41) is 36.0. The minimum absolute atomic E-state index is 0.225. The van der Waals surface area contributed by atoms with Gasteiger partial charge in [0.25, 0.3) is 0 Å². The van der Waals surface area contributed by atoms with Gasteiger partial charge in [-0.1, -0.05) is 0 Å². The standard InChI is InChI=1S/C9H21N3O4S/c1-12(16-2)9(10)17-11-5-3-4-7(14)8(15)6-13/h7-8,10-11,13-15H,3-6H2,1-2H3. The van der Waals surface area contributed by atoms with Crippen molar-refractivity contribution >= 4 is 17.1 Å². The van der Waals surface area contributed by atoms with Crippen LogP contribution in [-0.2, 0) is 4.84 Å². The predicted octanol–water partition coefficient (Wildman–Crippen LogP) is -0.854. The van der Waals surface area contributed by atoms with Crippen molar-refractivity contribution in [2.24, 2.45) is 0 Å². The summed E-state index contributed by atoms with van der Waals surface area (Å²) in [6.45, 7) is 0.145. The molecule has 0 aliphatic carbocycles. The maximum Gasteiger partial charge on any atom is 0.195 e. The topological polar surface area (TPSA) is 109 Å². The number of hydrogen-bond donors (Lipinski definition) is 5. The van der Waals surface area contributed by atoms with Crippen molar-refractivity contribution in [3.05, 3.63) is 0 Å². The molecule has 0 aliphatic heterocycles. The Morgan fingerprint density at radius 1 is 1.47 bits per heavy atom. The van der Waals surface area contributed by atoms with Crippen molar-refractivity contribution in [2.45, 2.75) is 25.0 Å². The highest BCUT2D eigenvalue weighted by Gasteiger charge is 2.14. The SMILES string of the molecule is CON(C)C(=N)SNCCCC(O)C(O)CO. The van der Waals surface area contributed by atoms with Crippen LogP contribution < -0.4 is 4.72 Å². The number of hydrogen-bond acceptors (Lipinski definition) is 7. The second kappa shape index (κ2) is 9.63. The Balaban J connectivity index is 3.49. The zero-order valence-electron chi connectivity index (χ0n) is 10.1. The number of aliphatic hydroxyl groups is 3. The van der Waals surface area contributed by atoms with Gasteiger partial charge in [-0.25, -0.2) is 5.06 Å². The van der Waals surface area contributed by atoms with Gasteiger partial charge >= 0.3 is 0 Å². The lowest BCUT2D eigenvalue weighted by Crippen LogP contribution is -2.30.